The molecule has 5 rings (SSSR count). The number of carbonyl (C=O) groups excluding carboxylic acids is 1. The number of nitrogens with one attached hydrogen (secondary N) is 1. The van der Waals surface area contributed by atoms with Gasteiger partial charge < -0.3 is 25.4 Å². The lowest BCUT2D eigenvalue weighted by Gasteiger charge is -2.43. The summed E-state index contributed by atoms with van der Waals surface area (Å²) in [6.07, 6.45) is 10.7. The number of ether oxygens (including phenoxy) is 2. The van der Waals surface area contributed by atoms with Crippen molar-refractivity contribution in [3.63, 3.8) is 0 Å². The Bertz CT molecular complexity index is 1330. The zero-order valence-corrected chi connectivity index (χ0v) is 23.5. The van der Waals surface area contributed by atoms with E-state index in [1.165, 1.54) is 18.4 Å². The lowest BCUT2D eigenvalue weighted by atomic mass is 10.1. The van der Waals surface area contributed by atoms with E-state index in [-0.39, 0.29) is 17.9 Å². The van der Waals surface area contributed by atoms with Crippen molar-refractivity contribution >= 4 is 23.2 Å². The number of primary amides is 1. The summed E-state index contributed by atoms with van der Waals surface area (Å²) >= 11 is 0. The molecule has 11 nitrogen and oxygen atoms in total. The van der Waals surface area contributed by atoms with Gasteiger partial charge >= 0.3 is 0 Å². The van der Waals surface area contributed by atoms with E-state index in [9.17, 15) is 10.1 Å². The van der Waals surface area contributed by atoms with Crippen molar-refractivity contribution in [2.75, 3.05) is 56.2 Å². The fourth-order valence-electron chi connectivity index (χ4n) is 4.19. The molecule has 11 heteroatoms. The number of nitrogens with two attached hydrogens (primary N) is 1. The van der Waals surface area contributed by atoms with Crippen LogP contribution in [-0.4, -0.2) is 77.8 Å². The number of hydrogen-bond donors (Lipinski definition) is 2. The second kappa shape index (κ2) is 15.8. The third-order valence-corrected chi connectivity index (χ3v) is 6.24. The first-order chi connectivity index (χ1) is 20.0. The number of carbonyl (C=O) groups is 1. The second-order valence-electron chi connectivity index (χ2n) is 9.30. The Morgan fingerprint density at radius 3 is 2.39 bits per heavy atom. The smallest absolute Gasteiger partial charge is 0.255 e. The zero-order chi connectivity index (χ0) is 29.6. The predicted molar refractivity (Wildman–Crippen MR) is 159 cm³/mol. The lowest BCUT2D eigenvalue weighted by Crippen LogP contribution is -2.56. The van der Waals surface area contributed by atoms with Gasteiger partial charge in [0.2, 0.25) is 5.95 Å². The fraction of sp³-hybridized carbons (Fsp3) is 0.367. The van der Waals surface area contributed by atoms with Crippen molar-refractivity contribution in [3.8, 4) is 36.1 Å². The van der Waals surface area contributed by atoms with Crippen molar-refractivity contribution in [1.29, 1.82) is 5.26 Å². The molecule has 0 aliphatic carbocycles. The molecule has 0 bridgehead atoms. The molecule has 214 valence electrons. The zero-order valence-electron chi connectivity index (χ0n) is 23.5. The molecule has 2 aliphatic heterocycles. The van der Waals surface area contributed by atoms with E-state index in [1.807, 2.05) is 12.1 Å². The van der Waals surface area contributed by atoms with Gasteiger partial charge in [0, 0.05) is 43.1 Å². The Labute approximate surface area is 241 Å². The van der Waals surface area contributed by atoms with Gasteiger partial charge in [-0.05, 0) is 42.5 Å². The van der Waals surface area contributed by atoms with Crippen LogP contribution in [-0.2, 0) is 9.53 Å². The maximum atomic E-state index is 11.0. The number of hydrogen-bond acceptors (Lipinski definition) is 10. The predicted octanol–water partition coefficient (Wildman–Crippen LogP) is 3.20. The number of terminal acetylenes is 1. The van der Waals surface area contributed by atoms with Crippen LogP contribution in [0.25, 0.3) is 11.4 Å². The Hall–Kier alpha value is -4.71. The molecule has 1 amide bonds. The minimum atomic E-state index is -0.619. The summed E-state index contributed by atoms with van der Waals surface area (Å²) in [6, 6.07) is 15.7. The maximum Gasteiger partial charge on any atom is 0.255 e. The monoisotopic (exact) mass is 556 g/mol. The summed E-state index contributed by atoms with van der Waals surface area (Å²) in [7, 11) is 0. The highest BCUT2D eigenvalue weighted by Gasteiger charge is 2.28. The van der Waals surface area contributed by atoms with Gasteiger partial charge in [0.1, 0.15) is 18.1 Å². The van der Waals surface area contributed by atoms with E-state index in [4.69, 9.17) is 15.2 Å². The lowest BCUT2D eigenvalue weighted by molar-refractivity contribution is -0.119. The number of amides is 1. The number of rotatable bonds is 8. The van der Waals surface area contributed by atoms with Crippen molar-refractivity contribution in [3.05, 3.63) is 54.4 Å². The minimum absolute atomic E-state index is 0.251. The first-order valence-corrected chi connectivity index (χ1v) is 13.4. The van der Waals surface area contributed by atoms with E-state index in [1.54, 1.807) is 18.2 Å². The number of nitriles is 1. The number of benzene rings is 2. The number of nitrogens with zero attached hydrogens (tertiary/aromatic N) is 6. The van der Waals surface area contributed by atoms with Crippen LogP contribution in [0.5, 0.6) is 5.75 Å². The topological polar surface area (TPSA) is 143 Å². The largest absolute Gasteiger partial charge is 0.482 e. The molecule has 0 atom stereocenters. The van der Waals surface area contributed by atoms with Gasteiger partial charge in [0.25, 0.3) is 5.91 Å². The molecule has 0 spiro atoms. The van der Waals surface area contributed by atoms with Crippen LogP contribution < -0.4 is 20.7 Å². The van der Waals surface area contributed by atoms with E-state index in [2.05, 4.69) is 75.0 Å². The van der Waals surface area contributed by atoms with Crippen LogP contribution >= 0.6 is 0 Å². The molecule has 3 N–H and O–H groups in total. The summed E-state index contributed by atoms with van der Waals surface area (Å²) in [5.74, 6) is 0.436. The molecule has 0 saturated carbocycles. The van der Waals surface area contributed by atoms with Gasteiger partial charge in [-0.2, -0.15) is 10.2 Å². The molecule has 2 aromatic carbocycles. The molecule has 3 aromatic rings. The summed E-state index contributed by atoms with van der Waals surface area (Å²) in [5, 5.41) is 12.7. The van der Waals surface area contributed by atoms with E-state index in [0.29, 0.717) is 23.4 Å². The van der Waals surface area contributed by atoms with Crippen LogP contribution in [0.4, 0.5) is 17.3 Å². The summed E-state index contributed by atoms with van der Waals surface area (Å²) in [6.45, 7) is 9.75. The van der Waals surface area contributed by atoms with Gasteiger partial charge in [-0.25, -0.2) is 9.97 Å². The molecular weight excluding hydrogens is 520 g/mol. The van der Waals surface area contributed by atoms with Gasteiger partial charge in [-0.1, -0.05) is 20.3 Å². The quantitative estimate of drug-likeness (QED) is 0.397. The van der Waals surface area contributed by atoms with Crippen LogP contribution in [0.2, 0.25) is 0 Å². The molecule has 1 aromatic heterocycles. The number of anilines is 3. The highest BCUT2D eigenvalue weighted by Crippen LogP contribution is 2.26. The standard InChI is InChI=1S/C25H26N8O3.C3H8.C2H2/c26-12-18-11-17(1-6-22(18)36-15-23(27)34)24-28-16-29-25(31-24)30-19-2-4-20(5-3-19)32-7-9-33(10-8-32)21-13-35-14-21;1-3-2;1-2/h1-6,11,16,21H,7-10,13-15H2,(H2,27,34)(H,28,29,30,31);3H2,1-2H3;1-2H. The van der Waals surface area contributed by atoms with Gasteiger partial charge in [0.05, 0.1) is 24.8 Å². The summed E-state index contributed by atoms with van der Waals surface area (Å²) < 4.78 is 10.6. The highest BCUT2D eigenvalue weighted by atomic mass is 16.5. The average Bonchev–Trinajstić information content (AvgIpc) is 2.97. The number of piperazine rings is 1. The SMILES string of the molecule is C#C.CCC.N#Cc1cc(-c2ncnc(Nc3ccc(N4CCN(C5COC5)CC4)cc3)n2)ccc1OCC(N)=O. The third kappa shape index (κ3) is 8.64. The normalized spacial score (nSPS) is 14.7. The molecule has 2 fully saturated rings. The molecule has 0 unspecified atom stereocenters. The second-order valence-corrected chi connectivity index (χ2v) is 9.30. The Kier molecular flexibility index (Phi) is 11.9. The van der Waals surface area contributed by atoms with Gasteiger partial charge in [-0.3, -0.25) is 9.69 Å². The Balaban J connectivity index is 0.000000868. The van der Waals surface area contributed by atoms with Crippen molar-refractivity contribution in [2.24, 2.45) is 5.73 Å². The van der Waals surface area contributed by atoms with E-state index < -0.39 is 5.91 Å². The van der Waals surface area contributed by atoms with Crippen molar-refractivity contribution in [2.45, 2.75) is 26.3 Å². The first-order valence-electron chi connectivity index (χ1n) is 13.4. The maximum absolute atomic E-state index is 11.0. The third-order valence-electron chi connectivity index (χ3n) is 6.24. The van der Waals surface area contributed by atoms with Crippen LogP contribution in [0.1, 0.15) is 25.8 Å². The molecule has 3 heterocycles. The average molecular weight is 557 g/mol. The van der Waals surface area contributed by atoms with E-state index >= 15 is 0 Å². The molecule has 0 radical (unpaired) electrons. The highest BCUT2D eigenvalue weighted by molar-refractivity contribution is 5.75. The minimum Gasteiger partial charge on any atom is -0.482 e. The van der Waals surface area contributed by atoms with Crippen LogP contribution in [0.15, 0.2) is 48.8 Å². The molecule has 41 heavy (non-hydrogen) atoms. The fourth-order valence-corrected chi connectivity index (χ4v) is 4.19. The van der Waals surface area contributed by atoms with Gasteiger partial charge in [0.15, 0.2) is 12.4 Å². The molecule has 2 aliphatic rings. The molecular formula is C30H36N8O3. The van der Waals surface area contributed by atoms with Crippen molar-refractivity contribution < 1.29 is 14.3 Å². The number of aromatic nitrogens is 3. The Morgan fingerprint density at radius 1 is 1.12 bits per heavy atom. The summed E-state index contributed by atoms with van der Waals surface area (Å²) in [5.41, 5.74) is 8.02. The van der Waals surface area contributed by atoms with Crippen LogP contribution in [0, 0.1) is 24.2 Å². The van der Waals surface area contributed by atoms with Gasteiger partial charge in [-0.15, -0.1) is 12.8 Å². The summed E-state index contributed by atoms with van der Waals surface area (Å²) in [4.78, 5) is 28.8. The first kappa shape index (κ1) is 30.8. The van der Waals surface area contributed by atoms with Crippen LogP contribution in [0.3, 0.4) is 0 Å². The van der Waals surface area contributed by atoms with E-state index in [0.717, 1.165) is 45.1 Å². The van der Waals surface area contributed by atoms with Crippen molar-refractivity contribution in [1.82, 2.24) is 19.9 Å². The molecule has 2 saturated heterocycles. The Morgan fingerprint density at radius 2 is 1.80 bits per heavy atom.